The van der Waals surface area contributed by atoms with Gasteiger partial charge in [-0.05, 0) is 6.07 Å². The molecule has 2 aliphatic heterocycles. The molecule has 0 bridgehead atoms. The van der Waals surface area contributed by atoms with Crippen LogP contribution in [-0.4, -0.2) is 31.0 Å². The van der Waals surface area contributed by atoms with Crippen molar-refractivity contribution in [1.82, 2.24) is 10.6 Å². The highest BCUT2D eigenvalue weighted by Crippen LogP contribution is 2.42. The zero-order chi connectivity index (χ0) is 15.2. The van der Waals surface area contributed by atoms with Crippen LogP contribution in [-0.2, 0) is 4.79 Å². The van der Waals surface area contributed by atoms with E-state index in [0.29, 0.717) is 16.3 Å². The average molecular weight is 337 g/mol. The smallest absolute Gasteiger partial charge is 0.262 e. The van der Waals surface area contributed by atoms with Crippen LogP contribution in [0, 0.1) is 0 Å². The molecule has 1 aromatic carbocycles. The molecule has 1 aromatic rings. The maximum atomic E-state index is 13.1. The zero-order valence-corrected chi connectivity index (χ0v) is 12.3. The molecule has 0 radical (unpaired) electrons. The maximum absolute atomic E-state index is 13.1. The lowest BCUT2D eigenvalue weighted by molar-refractivity contribution is -0.124. The summed E-state index contributed by atoms with van der Waals surface area (Å²) < 4.78 is 31.6. The molecule has 2 heterocycles. The number of fused-ring (bicyclic) bond motifs is 1. The van der Waals surface area contributed by atoms with Gasteiger partial charge < -0.3 is 10.1 Å². The third kappa shape index (κ3) is 2.80. The van der Waals surface area contributed by atoms with Crippen LogP contribution >= 0.6 is 23.2 Å². The van der Waals surface area contributed by atoms with E-state index in [0.717, 1.165) is 0 Å². The number of carbonyl (C=O) groups excluding carboxylic acids is 1. The summed E-state index contributed by atoms with van der Waals surface area (Å²) in [5.41, 5.74) is 0.697. The molecule has 2 unspecified atom stereocenters. The Morgan fingerprint density at radius 1 is 1.43 bits per heavy atom. The van der Waals surface area contributed by atoms with Gasteiger partial charge in [0, 0.05) is 12.0 Å². The summed E-state index contributed by atoms with van der Waals surface area (Å²) in [5.74, 6) is -2.89. The second-order valence-electron chi connectivity index (χ2n) is 5.15. The zero-order valence-electron chi connectivity index (χ0n) is 10.8. The van der Waals surface area contributed by atoms with Crippen LogP contribution in [0.4, 0.5) is 8.78 Å². The van der Waals surface area contributed by atoms with Gasteiger partial charge in [0.2, 0.25) is 5.91 Å². The first-order valence-corrected chi connectivity index (χ1v) is 7.15. The van der Waals surface area contributed by atoms with Gasteiger partial charge in [0.15, 0.2) is 0 Å². The highest BCUT2D eigenvalue weighted by Gasteiger charge is 2.43. The van der Waals surface area contributed by atoms with Crippen LogP contribution in [0.1, 0.15) is 18.0 Å². The Morgan fingerprint density at radius 2 is 2.19 bits per heavy atom. The van der Waals surface area contributed by atoms with Crippen LogP contribution < -0.4 is 15.4 Å². The summed E-state index contributed by atoms with van der Waals surface area (Å²) in [4.78, 5) is 12.0. The number of nitrogens with one attached hydrogen (secondary N) is 2. The van der Waals surface area contributed by atoms with Crippen LogP contribution in [0.15, 0.2) is 12.1 Å². The Balaban J connectivity index is 1.71. The quantitative estimate of drug-likeness (QED) is 0.872. The number of halogens is 4. The molecule has 2 N–H and O–H groups in total. The Hall–Kier alpha value is -1.11. The molecule has 8 heteroatoms. The highest BCUT2D eigenvalue weighted by atomic mass is 35.5. The van der Waals surface area contributed by atoms with E-state index in [2.05, 4.69) is 10.6 Å². The fourth-order valence-electron chi connectivity index (χ4n) is 2.52. The third-order valence-electron chi connectivity index (χ3n) is 3.59. The molecule has 3 rings (SSSR count). The highest BCUT2D eigenvalue weighted by molar-refractivity contribution is 6.43. The summed E-state index contributed by atoms with van der Waals surface area (Å²) in [7, 11) is 0. The summed E-state index contributed by atoms with van der Waals surface area (Å²) in [6.45, 7) is -0.283. The second-order valence-corrected chi connectivity index (χ2v) is 5.93. The topological polar surface area (TPSA) is 50.4 Å². The number of hydrogen-bond acceptors (Lipinski definition) is 3. The van der Waals surface area contributed by atoms with E-state index in [1.165, 1.54) is 0 Å². The molecule has 0 aliphatic carbocycles. The molecule has 0 spiro atoms. The first-order valence-electron chi connectivity index (χ1n) is 6.40. The molecule has 4 nitrogen and oxygen atoms in total. The fourth-order valence-corrected chi connectivity index (χ4v) is 2.89. The summed E-state index contributed by atoms with van der Waals surface area (Å²) in [6, 6.07) is 2.00. The second kappa shape index (κ2) is 5.26. The molecule has 2 aliphatic rings. The van der Waals surface area contributed by atoms with Crippen molar-refractivity contribution in [3.05, 3.63) is 27.7 Å². The van der Waals surface area contributed by atoms with Crippen molar-refractivity contribution in [2.45, 2.75) is 24.4 Å². The lowest BCUT2D eigenvalue weighted by atomic mass is 10.1. The Labute approximate surface area is 129 Å². The van der Waals surface area contributed by atoms with E-state index in [1.807, 2.05) is 0 Å². The van der Waals surface area contributed by atoms with Crippen molar-refractivity contribution in [2.24, 2.45) is 0 Å². The summed E-state index contributed by atoms with van der Waals surface area (Å²) in [5, 5.41) is 5.86. The van der Waals surface area contributed by atoms with Gasteiger partial charge in [-0.2, -0.15) is 0 Å². The van der Waals surface area contributed by atoms with Gasteiger partial charge >= 0.3 is 0 Å². The van der Waals surface area contributed by atoms with Gasteiger partial charge in [0.05, 0.1) is 23.7 Å². The molecular weight excluding hydrogens is 325 g/mol. The van der Waals surface area contributed by atoms with Crippen molar-refractivity contribution in [3.63, 3.8) is 0 Å². The van der Waals surface area contributed by atoms with E-state index in [4.69, 9.17) is 27.9 Å². The van der Waals surface area contributed by atoms with E-state index < -0.39 is 36.9 Å². The number of alkyl halides is 2. The van der Waals surface area contributed by atoms with Crippen molar-refractivity contribution in [2.75, 3.05) is 13.2 Å². The summed E-state index contributed by atoms with van der Waals surface area (Å²) >= 11 is 11.9. The predicted octanol–water partition coefficient (Wildman–Crippen LogP) is 2.54. The first kappa shape index (κ1) is 14.8. The minimum Gasteiger partial charge on any atom is -0.489 e. The molecule has 1 fully saturated rings. The van der Waals surface area contributed by atoms with Gasteiger partial charge in [0.1, 0.15) is 17.4 Å². The van der Waals surface area contributed by atoms with Crippen LogP contribution in [0.25, 0.3) is 0 Å². The van der Waals surface area contributed by atoms with Crippen LogP contribution in [0.5, 0.6) is 5.75 Å². The third-order valence-corrected chi connectivity index (χ3v) is 4.38. The molecule has 0 aromatic heterocycles. The molecule has 0 saturated carbocycles. The minimum absolute atomic E-state index is 0.199. The van der Waals surface area contributed by atoms with Gasteiger partial charge in [-0.25, -0.2) is 8.78 Å². The Kier molecular flexibility index (Phi) is 3.71. The van der Waals surface area contributed by atoms with Gasteiger partial charge in [-0.1, -0.05) is 29.3 Å². The standard InChI is InChI=1S/C13H12Cl2F2N2O2/c14-7-2-1-6-9(4-21-11(6)10(7)15)19-12(20)8-3-13(16,17)5-18-8/h1-2,8-9,18H,3-5H2,(H,19,20). The lowest BCUT2D eigenvalue weighted by Crippen LogP contribution is -2.42. The van der Waals surface area contributed by atoms with Crippen LogP contribution in [0.3, 0.4) is 0 Å². The Bertz CT molecular complexity index is 598. The predicted molar refractivity (Wildman–Crippen MR) is 74.2 cm³/mol. The largest absolute Gasteiger partial charge is 0.489 e. The fraction of sp³-hybridized carbons (Fsp3) is 0.462. The molecule has 1 saturated heterocycles. The van der Waals surface area contributed by atoms with Crippen molar-refractivity contribution in [3.8, 4) is 5.75 Å². The molecule has 2 atom stereocenters. The van der Waals surface area contributed by atoms with Gasteiger partial charge in [-0.3, -0.25) is 10.1 Å². The van der Waals surface area contributed by atoms with E-state index in [9.17, 15) is 13.6 Å². The number of rotatable bonds is 2. The monoisotopic (exact) mass is 336 g/mol. The van der Waals surface area contributed by atoms with E-state index >= 15 is 0 Å². The van der Waals surface area contributed by atoms with Crippen molar-refractivity contribution in [1.29, 1.82) is 0 Å². The number of amides is 1. The first-order chi connectivity index (χ1) is 9.87. The summed E-state index contributed by atoms with van der Waals surface area (Å²) in [6.07, 6.45) is -0.499. The number of ether oxygens (including phenoxy) is 1. The normalized spacial score (nSPS) is 26.3. The average Bonchev–Trinajstić information content (AvgIpc) is 2.98. The lowest BCUT2D eigenvalue weighted by Gasteiger charge is -2.15. The van der Waals surface area contributed by atoms with E-state index in [-0.39, 0.29) is 11.6 Å². The molecule has 1 amide bonds. The van der Waals surface area contributed by atoms with Gasteiger partial charge in [-0.15, -0.1) is 0 Å². The number of hydrogen-bond donors (Lipinski definition) is 2. The van der Waals surface area contributed by atoms with Crippen molar-refractivity contribution < 1.29 is 18.3 Å². The maximum Gasteiger partial charge on any atom is 0.262 e. The molecule has 114 valence electrons. The van der Waals surface area contributed by atoms with Crippen LogP contribution in [0.2, 0.25) is 10.0 Å². The Morgan fingerprint density at radius 3 is 2.86 bits per heavy atom. The minimum atomic E-state index is -2.84. The SMILES string of the molecule is O=C(NC1COc2c1ccc(Cl)c2Cl)C1CC(F)(F)CN1. The molecule has 21 heavy (non-hydrogen) atoms. The van der Waals surface area contributed by atoms with Crippen molar-refractivity contribution >= 4 is 29.1 Å². The molecular formula is C13H12Cl2F2N2O2. The van der Waals surface area contributed by atoms with E-state index in [1.54, 1.807) is 12.1 Å². The van der Waals surface area contributed by atoms with Gasteiger partial charge in [0.25, 0.3) is 5.92 Å². The number of benzene rings is 1. The number of carbonyl (C=O) groups is 1.